The van der Waals surface area contributed by atoms with E-state index in [1.54, 1.807) is 11.3 Å². The van der Waals surface area contributed by atoms with Crippen LogP contribution in [0.5, 0.6) is 0 Å². The number of ether oxygens (including phenoxy) is 2. The van der Waals surface area contributed by atoms with Gasteiger partial charge in [0.1, 0.15) is 0 Å². The summed E-state index contributed by atoms with van der Waals surface area (Å²) in [6.45, 7) is 3.86. The van der Waals surface area contributed by atoms with Gasteiger partial charge in [0.25, 0.3) is 0 Å². The first-order valence-electron chi connectivity index (χ1n) is 4.99. The van der Waals surface area contributed by atoms with Crippen molar-refractivity contribution < 1.29 is 9.47 Å². The van der Waals surface area contributed by atoms with E-state index < -0.39 is 0 Å². The van der Waals surface area contributed by atoms with E-state index in [2.05, 4.69) is 5.32 Å². The Labute approximate surface area is 98.3 Å². The summed E-state index contributed by atoms with van der Waals surface area (Å²) in [5.74, 6) is 0. The Bertz CT molecular complexity index is 299. The van der Waals surface area contributed by atoms with Crippen LogP contribution < -0.4 is 5.32 Å². The van der Waals surface area contributed by atoms with Crippen molar-refractivity contribution in [3.05, 3.63) is 21.3 Å². The topological polar surface area (TPSA) is 30.5 Å². The van der Waals surface area contributed by atoms with Crippen molar-refractivity contribution in [1.29, 1.82) is 0 Å². The molecule has 1 unspecified atom stereocenters. The van der Waals surface area contributed by atoms with Gasteiger partial charge in [0.05, 0.1) is 30.3 Å². The van der Waals surface area contributed by atoms with Crippen molar-refractivity contribution in [2.75, 3.05) is 26.3 Å². The number of morpholine rings is 1. The molecule has 3 nitrogen and oxygen atoms in total. The molecule has 1 saturated heterocycles. The second-order valence-corrected chi connectivity index (χ2v) is 5.22. The highest BCUT2D eigenvalue weighted by molar-refractivity contribution is 7.16. The molecule has 2 heterocycles. The summed E-state index contributed by atoms with van der Waals surface area (Å²) in [6.07, 6.45) is 0.189. The monoisotopic (exact) mass is 247 g/mol. The minimum Gasteiger partial charge on any atom is -0.373 e. The third-order valence-corrected chi connectivity index (χ3v) is 3.39. The second kappa shape index (κ2) is 5.82. The maximum Gasteiger partial charge on any atom is 0.0933 e. The van der Waals surface area contributed by atoms with Gasteiger partial charge in [0.2, 0.25) is 0 Å². The Kier molecular flexibility index (Phi) is 4.41. The quantitative estimate of drug-likeness (QED) is 0.882. The van der Waals surface area contributed by atoms with Crippen molar-refractivity contribution in [3.63, 3.8) is 0 Å². The maximum atomic E-state index is 5.82. The molecule has 0 aromatic carbocycles. The summed E-state index contributed by atoms with van der Waals surface area (Å²) >= 11 is 7.37. The van der Waals surface area contributed by atoms with Gasteiger partial charge in [-0.15, -0.1) is 11.3 Å². The molecule has 0 radical (unpaired) electrons. The van der Waals surface area contributed by atoms with E-state index in [-0.39, 0.29) is 6.10 Å². The van der Waals surface area contributed by atoms with Gasteiger partial charge in [0.15, 0.2) is 0 Å². The third-order valence-electron chi connectivity index (χ3n) is 2.18. The van der Waals surface area contributed by atoms with Crippen molar-refractivity contribution in [2.45, 2.75) is 12.7 Å². The van der Waals surface area contributed by atoms with Crippen LogP contribution >= 0.6 is 22.9 Å². The Morgan fingerprint density at radius 1 is 1.60 bits per heavy atom. The Balaban J connectivity index is 1.65. The average Bonchev–Trinajstić information content (AvgIpc) is 2.66. The zero-order valence-electron chi connectivity index (χ0n) is 8.37. The van der Waals surface area contributed by atoms with Gasteiger partial charge in [0, 0.05) is 18.0 Å². The van der Waals surface area contributed by atoms with Crippen LogP contribution in [0.1, 0.15) is 4.88 Å². The normalized spacial score (nSPS) is 21.8. The SMILES string of the molecule is Clc1ccc(COCC2CNCCO2)s1. The maximum absolute atomic E-state index is 5.82. The third kappa shape index (κ3) is 3.74. The molecule has 1 aromatic rings. The summed E-state index contributed by atoms with van der Waals surface area (Å²) in [6, 6.07) is 3.89. The molecule has 0 amide bonds. The highest BCUT2D eigenvalue weighted by Gasteiger charge is 2.13. The fourth-order valence-electron chi connectivity index (χ4n) is 1.45. The van der Waals surface area contributed by atoms with Crippen LogP contribution in [-0.4, -0.2) is 32.4 Å². The molecule has 2 rings (SSSR count). The molecule has 84 valence electrons. The van der Waals surface area contributed by atoms with Crippen LogP contribution in [0.2, 0.25) is 4.34 Å². The lowest BCUT2D eigenvalue weighted by molar-refractivity contribution is -0.0352. The van der Waals surface area contributed by atoms with Crippen LogP contribution in [0.4, 0.5) is 0 Å². The van der Waals surface area contributed by atoms with Crippen LogP contribution in [-0.2, 0) is 16.1 Å². The van der Waals surface area contributed by atoms with E-state index in [1.807, 2.05) is 12.1 Å². The highest BCUT2D eigenvalue weighted by Crippen LogP contribution is 2.21. The molecular formula is C10H14ClNO2S. The van der Waals surface area contributed by atoms with Gasteiger partial charge in [-0.25, -0.2) is 0 Å². The number of hydrogen-bond acceptors (Lipinski definition) is 4. The van der Waals surface area contributed by atoms with Crippen LogP contribution in [0, 0.1) is 0 Å². The molecule has 0 bridgehead atoms. The Morgan fingerprint density at radius 3 is 3.20 bits per heavy atom. The van der Waals surface area contributed by atoms with Crippen molar-refractivity contribution >= 4 is 22.9 Å². The summed E-state index contributed by atoms with van der Waals surface area (Å²) in [5.41, 5.74) is 0. The van der Waals surface area contributed by atoms with E-state index in [0.29, 0.717) is 13.2 Å². The lowest BCUT2D eigenvalue weighted by Gasteiger charge is -2.23. The van der Waals surface area contributed by atoms with Gasteiger partial charge in [-0.2, -0.15) is 0 Å². The van der Waals surface area contributed by atoms with Crippen molar-refractivity contribution in [2.24, 2.45) is 0 Å². The molecule has 1 aliphatic rings. The number of hydrogen-bond donors (Lipinski definition) is 1. The average molecular weight is 248 g/mol. The molecule has 0 saturated carbocycles. The summed E-state index contributed by atoms with van der Waals surface area (Å²) in [4.78, 5) is 1.16. The van der Waals surface area contributed by atoms with E-state index in [9.17, 15) is 0 Å². The van der Waals surface area contributed by atoms with E-state index in [1.165, 1.54) is 0 Å². The molecular weight excluding hydrogens is 234 g/mol. The number of halogens is 1. The molecule has 0 aliphatic carbocycles. The van der Waals surface area contributed by atoms with Gasteiger partial charge >= 0.3 is 0 Å². The van der Waals surface area contributed by atoms with E-state index >= 15 is 0 Å². The van der Waals surface area contributed by atoms with Gasteiger partial charge in [-0.1, -0.05) is 11.6 Å². The lowest BCUT2D eigenvalue weighted by Crippen LogP contribution is -2.40. The molecule has 15 heavy (non-hydrogen) atoms. The van der Waals surface area contributed by atoms with Gasteiger partial charge < -0.3 is 14.8 Å². The first kappa shape index (κ1) is 11.4. The zero-order valence-corrected chi connectivity index (χ0v) is 9.94. The first-order chi connectivity index (χ1) is 7.34. The Hall–Kier alpha value is -0.130. The number of nitrogens with one attached hydrogen (secondary N) is 1. The fraction of sp³-hybridized carbons (Fsp3) is 0.600. The predicted molar refractivity (Wildman–Crippen MR) is 61.6 cm³/mol. The largest absolute Gasteiger partial charge is 0.373 e. The van der Waals surface area contributed by atoms with Crippen LogP contribution in [0.15, 0.2) is 12.1 Å². The predicted octanol–water partition coefficient (Wildman–Crippen LogP) is 1.91. The van der Waals surface area contributed by atoms with Crippen LogP contribution in [0.25, 0.3) is 0 Å². The van der Waals surface area contributed by atoms with Crippen molar-refractivity contribution in [3.8, 4) is 0 Å². The molecule has 1 atom stereocenters. The molecule has 1 aromatic heterocycles. The Morgan fingerprint density at radius 2 is 2.53 bits per heavy atom. The molecule has 5 heteroatoms. The van der Waals surface area contributed by atoms with Gasteiger partial charge in [-0.05, 0) is 12.1 Å². The van der Waals surface area contributed by atoms with E-state index in [0.717, 1.165) is 28.9 Å². The molecule has 1 fully saturated rings. The second-order valence-electron chi connectivity index (χ2n) is 3.42. The molecule has 1 aliphatic heterocycles. The number of rotatable bonds is 4. The first-order valence-corrected chi connectivity index (χ1v) is 6.18. The lowest BCUT2D eigenvalue weighted by atomic mass is 10.3. The smallest absolute Gasteiger partial charge is 0.0933 e. The minimum atomic E-state index is 0.189. The van der Waals surface area contributed by atoms with Gasteiger partial charge in [-0.3, -0.25) is 0 Å². The molecule has 0 spiro atoms. The zero-order chi connectivity index (χ0) is 10.5. The fourth-order valence-corrected chi connectivity index (χ4v) is 2.47. The molecule has 1 N–H and O–H groups in total. The summed E-state index contributed by atoms with van der Waals surface area (Å²) in [5, 5.41) is 3.26. The van der Waals surface area contributed by atoms with Crippen LogP contribution in [0.3, 0.4) is 0 Å². The van der Waals surface area contributed by atoms with E-state index in [4.69, 9.17) is 21.1 Å². The highest BCUT2D eigenvalue weighted by atomic mass is 35.5. The standard InChI is InChI=1S/C10H14ClNO2S/c11-10-2-1-9(15-10)7-13-6-8-5-12-3-4-14-8/h1-2,8,12H,3-7H2. The minimum absolute atomic E-state index is 0.189. The summed E-state index contributed by atoms with van der Waals surface area (Å²) < 4.78 is 11.9. The summed E-state index contributed by atoms with van der Waals surface area (Å²) in [7, 11) is 0. The van der Waals surface area contributed by atoms with Crippen molar-refractivity contribution in [1.82, 2.24) is 5.32 Å². The number of thiophene rings is 1.